The molecule has 1 atom stereocenters. The molecule has 172 valence electrons. The summed E-state index contributed by atoms with van der Waals surface area (Å²) >= 11 is 1.27. The van der Waals surface area contributed by atoms with Gasteiger partial charge in [0.25, 0.3) is 0 Å². The zero-order valence-corrected chi connectivity index (χ0v) is 20.1. The lowest BCUT2D eigenvalue weighted by atomic mass is 9.87. The van der Waals surface area contributed by atoms with Gasteiger partial charge in [-0.1, -0.05) is 75.0 Å². The topological polar surface area (TPSA) is 88.9 Å². The van der Waals surface area contributed by atoms with E-state index in [0.29, 0.717) is 11.0 Å². The van der Waals surface area contributed by atoms with Gasteiger partial charge in [0, 0.05) is 17.3 Å². The van der Waals surface area contributed by atoms with E-state index in [-0.39, 0.29) is 17.4 Å². The predicted octanol–water partition coefficient (Wildman–Crippen LogP) is 4.70. The normalized spacial score (nSPS) is 14.5. The van der Waals surface area contributed by atoms with Gasteiger partial charge in [0.2, 0.25) is 5.91 Å². The Morgan fingerprint density at radius 1 is 1.03 bits per heavy atom. The number of imide groups is 1. The zero-order valence-electron chi connectivity index (χ0n) is 19.3. The average molecular weight is 464 g/mol. The van der Waals surface area contributed by atoms with Gasteiger partial charge in [-0.3, -0.25) is 14.7 Å². The third-order valence-electron chi connectivity index (χ3n) is 5.46. The lowest BCUT2D eigenvalue weighted by Crippen LogP contribution is -2.43. The number of aromatic nitrogens is 3. The third-order valence-corrected chi connectivity index (χ3v) is 6.50. The highest BCUT2D eigenvalue weighted by atomic mass is 32.2. The summed E-state index contributed by atoms with van der Waals surface area (Å²) in [7, 11) is 0. The summed E-state index contributed by atoms with van der Waals surface area (Å²) in [6, 6.07) is 17.9. The van der Waals surface area contributed by atoms with E-state index in [1.165, 1.54) is 17.3 Å². The molecule has 1 aliphatic carbocycles. The molecule has 2 N–H and O–H groups in total. The Morgan fingerprint density at radius 2 is 1.70 bits per heavy atom. The summed E-state index contributed by atoms with van der Waals surface area (Å²) in [6.07, 6.45) is 1.93. The Kier molecular flexibility index (Phi) is 6.56. The van der Waals surface area contributed by atoms with Crippen molar-refractivity contribution in [1.29, 1.82) is 0 Å². The molecule has 1 fully saturated rings. The monoisotopic (exact) mass is 463 g/mol. The maximum Gasteiger partial charge on any atom is 0.321 e. The molecule has 0 bridgehead atoms. The molecule has 7 nitrogen and oxygen atoms in total. The number of carbonyl (C=O) groups is 2. The first kappa shape index (κ1) is 23.0. The Hall–Kier alpha value is -3.13. The standard InChI is InChI=1S/C25H29N5O2S/c1-16(22(31)27-23(32)26-19-14-15-19)33-24-29-28-21(30(24)20-8-6-5-7-9-20)17-10-12-18(13-11-17)25(2,3)4/h5-13,16,19H,14-15H2,1-4H3,(H2,26,27,31,32). The molecular weight excluding hydrogens is 434 g/mol. The zero-order chi connectivity index (χ0) is 23.6. The van der Waals surface area contributed by atoms with Crippen LogP contribution >= 0.6 is 11.8 Å². The molecule has 1 saturated carbocycles. The fourth-order valence-electron chi connectivity index (χ4n) is 3.34. The highest BCUT2D eigenvalue weighted by molar-refractivity contribution is 8.00. The third kappa shape index (κ3) is 5.63. The van der Waals surface area contributed by atoms with Crippen molar-refractivity contribution < 1.29 is 9.59 Å². The molecule has 3 amide bonds. The molecule has 1 unspecified atom stereocenters. The smallest absolute Gasteiger partial charge is 0.321 e. The number of benzene rings is 2. The number of para-hydroxylation sites is 1. The minimum atomic E-state index is -0.530. The number of hydrogen-bond donors (Lipinski definition) is 2. The minimum absolute atomic E-state index is 0.0568. The van der Waals surface area contributed by atoms with Crippen LogP contribution in [0.2, 0.25) is 0 Å². The molecule has 1 heterocycles. The number of thioether (sulfide) groups is 1. The number of nitrogens with one attached hydrogen (secondary N) is 2. The average Bonchev–Trinajstić information content (AvgIpc) is 3.50. The molecule has 8 heteroatoms. The first-order valence-corrected chi connectivity index (χ1v) is 12.0. The lowest BCUT2D eigenvalue weighted by molar-refractivity contribution is -0.119. The summed E-state index contributed by atoms with van der Waals surface area (Å²) in [6.45, 7) is 8.30. The van der Waals surface area contributed by atoms with Crippen LogP contribution in [0.15, 0.2) is 59.8 Å². The molecule has 0 aliphatic heterocycles. The van der Waals surface area contributed by atoms with Crippen molar-refractivity contribution in [3.63, 3.8) is 0 Å². The molecule has 33 heavy (non-hydrogen) atoms. The molecule has 0 saturated heterocycles. The van der Waals surface area contributed by atoms with Gasteiger partial charge in [-0.2, -0.15) is 0 Å². The number of nitrogens with zero attached hydrogens (tertiary/aromatic N) is 3. The Balaban J connectivity index is 1.60. The molecule has 4 rings (SSSR count). The number of carbonyl (C=O) groups excluding carboxylic acids is 2. The maximum absolute atomic E-state index is 12.6. The van der Waals surface area contributed by atoms with Gasteiger partial charge in [-0.05, 0) is 42.9 Å². The summed E-state index contributed by atoms with van der Waals surface area (Å²) in [5.41, 5.74) is 3.13. The number of rotatable bonds is 6. The van der Waals surface area contributed by atoms with Crippen molar-refractivity contribution in [2.45, 2.75) is 62.4 Å². The summed E-state index contributed by atoms with van der Waals surface area (Å²) in [5.74, 6) is 0.333. The summed E-state index contributed by atoms with van der Waals surface area (Å²) < 4.78 is 1.95. The van der Waals surface area contributed by atoms with Crippen LogP contribution in [0.1, 0.15) is 46.1 Å². The summed E-state index contributed by atoms with van der Waals surface area (Å²) in [5, 5.41) is 14.1. The van der Waals surface area contributed by atoms with Crippen LogP contribution < -0.4 is 10.6 Å². The van der Waals surface area contributed by atoms with Crippen LogP contribution in [0.5, 0.6) is 0 Å². The Labute approximate surface area is 198 Å². The van der Waals surface area contributed by atoms with Crippen LogP contribution in [0.25, 0.3) is 17.1 Å². The lowest BCUT2D eigenvalue weighted by Gasteiger charge is -2.19. The predicted molar refractivity (Wildman–Crippen MR) is 131 cm³/mol. The van der Waals surface area contributed by atoms with Gasteiger partial charge in [0.1, 0.15) is 0 Å². The van der Waals surface area contributed by atoms with Gasteiger partial charge < -0.3 is 5.32 Å². The number of hydrogen-bond acceptors (Lipinski definition) is 5. The van der Waals surface area contributed by atoms with E-state index in [2.05, 4.69) is 65.9 Å². The SMILES string of the molecule is CC(Sc1nnc(-c2ccc(C(C)(C)C)cc2)n1-c1ccccc1)C(=O)NC(=O)NC1CC1. The van der Waals surface area contributed by atoms with Gasteiger partial charge in [-0.25, -0.2) is 4.79 Å². The van der Waals surface area contributed by atoms with E-state index < -0.39 is 11.3 Å². The van der Waals surface area contributed by atoms with Gasteiger partial charge in [0.05, 0.1) is 5.25 Å². The van der Waals surface area contributed by atoms with Crippen LogP contribution in [-0.2, 0) is 10.2 Å². The van der Waals surface area contributed by atoms with Crippen molar-refractivity contribution in [3.05, 3.63) is 60.2 Å². The van der Waals surface area contributed by atoms with E-state index >= 15 is 0 Å². The maximum atomic E-state index is 12.6. The van der Waals surface area contributed by atoms with Gasteiger partial charge >= 0.3 is 6.03 Å². The highest BCUT2D eigenvalue weighted by Crippen LogP contribution is 2.31. The fourth-order valence-corrected chi connectivity index (χ4v) is 4.20. The first-order valence-electron chi connectivity index (χ1n) is 11.1. The van der Waals surface area contributed by atoms with Crippen molar-refractivity contribution in [2.24, 2.45) is 0 Å². The van der Waals surface area contributed by atoms with E-state index in [4.69, 9.17) is 0 Å². The van der Waals surface area contributed by atoms with Crippen LogP contribution in [0.4, 0.5) is 4.79 Å². The Bertz CT molecular complexity index is 1130. The largest absolute Gasteiger partial charge is 0.335 e. The molecular formula is C25H29N5O2S. The van der Waals surface area contributed by atoms with E-state index in [9.17, 15) is 9.59 Å². The fraction of sp³-hybridized carbons (Fsp3) is 0.360. The quantitative estimate of drug-likeness (QED) is 0.517. The Morgan fingerprint density at radius 3 is 2.30 bits per heavy atom. The van der Waals surface area contributed by atoms with Gasteiger partial charge in [0.15, 0.2) is 11.0 Å². The number of amides is 3. The molecule has 1 aromatic heterocycles. The van der Waals surface area contributed by atoms with E-state index in [1.54, 1.807) is 6.92 Å². The van der Waals surface area contributed by atoms with Crippen LogP contribution in [-0.4, -0.2) is 38.0 Å². The minimum Gasteiger partial charge on any atom is -0.335 e. The number of urea groups is 1. The van der Waals surface area contributed by atoms with Crippen LogP contribution in [0, 0.1) is 0 Å². The van der Waals surface area contributed by atoms with Crippen molar-refractivity contribution in [2.75, 3.05) is 0 Å². The second-order valence-electron chi connectivity index (χ2n) is 9.30. The second kappa shape index (κ2) is 9.39. The summed E-state index contributed by atoms with van der Waals surface area (Å²) in [4.78, 5) is 24.5. The van der Waals surface area contributed by atoms with Crippen molar-refractivity contribution >= 4 is 23.7 Å². The molecule has 0 radical (unpaired) electrons. The molecule has 0 spiro atoms. The van der Waals surface area contributed by atoms with Crippen molar-refractivity contribution in [3.8, 4) is 17.1 Å². The molecule has 1 aliphatic rings. The van der Waals surface area contributed by atoms with E-state index in [0.717, 1.165) is 24.1 Å². The van der Waals surface area contributed by atoms with E-state index in [1.807, 2.05) is 34.9 Å². The van der Waals surface area contributed by atoms with Crippen molar-refractivity contribution in [1.82, 2.24) is 25.4 Å². The van der Waals surface area contributed by atoms with Crippen LogP contribution in [0.3, 0.4) is 0 Å². The second-order valence-corrected chi connectivity index (χ2v) is 10.6. The molecule has 3 aromatic rings. The first-order chi connectivity index (χ1) is 15.7. The van der Waals surface area contributed by atoms with Gasteiger partial charge in [-0.15, -0.1) is 10.2 Å². The highest BCUT2D eigenvalue weighted by Gasteiger charge is 2.26. The molecule has 2 aromatic carbocycles.